The van der Waals surface area contributed by atoms with Crippen molar-refractivity contribution >= 4 is 61.1 Å². The number of anilines is 1. The number of alkyl halides is 6. The van der Waals surface area contributed by atoms with Crippen LogP contribution in [-0.2, 0) is 39.0 Å². The van der Waals surface area contributed by atoms with Crippen molar-refractivity contribution in [3.8, 4) is 23.0 Å². The first-order valence-electron chi connectivity index (χ1n) is 19.3. The van der Waals surface area contributed by atoms with Crippen LogP contribution in [0.2, 0.25) is 5.02 Å². The smallest absolute Gasteiger partial charge is 0.290 e. The van der Waals surface area contributed by atoms with E-state index in [-0.39, 0.29) is 56.2 Å². The van der Waals surface area contributed by atoms with Crippen molar-refractivity contribution in [1.82, 2.24) is 25.4 Å². The number of halogens is 9. The van der Waals surface area contributed by atoms with Crippen LogP contribution in [0.3, 0.4) is 0 Å². The molecule has 2 saturated carbocycles. The molecule has 4 aromatic rings. The Hall–Kier alpha value is -4.91. The number of allylic oxidation sites excluding steroid dienone is 2. The fraction of sp³-hybridized carbons (Fsp3) is 0.415. The summed E-state index contributed by atoms with van der Waals surface area (Å²) in [5, 5.41) is 16.0. The lowest BCUT2D eigenvalue weighted by molar-refractivity contribution is -0.121. The van der Waals surface area contributed by atoms with E-state index in [1.807, 2.05) is 0 Å². The van der Waals surface area contributed by atoms with Crippen molar-refractivity contribution in [2.75, 3.05) is 17.5 Å². The number of carbonyl (C=O) groups excluding carboxylic acids is 1. The molecule has 3 aliphatic carbocycles. The van der Waals surface area contributed by atoms with E-state index in [0.29, 0.717) is 18.9 Å². The van der Waals surface area contributed by atoms with Crippen LogP contribution in [0.15, 0.2) is 53.7 Å². The van der Waals surface area contributed by atoms with E-state index in [4.69, 9.17) is 22.0 Å². The van der Waals surface area contributed by atoms with Gasteiger partial charge >= 0.3 is 0 Å². The highest BCUT2D eigenvalue weighted by atomic mass is 35.5. The van der Waals surface area contributed by atoms with Gasteiger partial charge < -0.3 is 15.2 Å². The maximum absolute atomic E-state index is 15.3. The number of pyridine rings is 1. The topological polar surface area (TPSA) is 165 Å². The Bertz CT molecular complexity index is 2700. The van der Waals surface area contributed by atoms with E-state index in [9.17, 15) is 44.1 Å². The minimum absolute atomic E-state index is 0.00406. The molecule has 22 heteroatoms. The highest BCUT2D eigenvalue weighted by molar-refractivity contribution is 7.93. The molecule has 0 bridgehead atoms. The SMILES string of the molecule is C[S+]([O-])C(C)(C)C#Cc1ccc(-c2ccc(Cl)c3c(NS(=O)(=O)C4CC4)nn(CC(F)F)c23)c([C@H](Cc2cc(F)cc(F)c2)NC(=O)CNC2=C(C(=N)C(F)F)[C@H]3C[C@H]3C2(F)F)n1. The molecule has 4 N–H and O–H groups in total. The summed E-state index contributed by atoms with van der Waals surface area (Å²) in [6.07, 6.45) is -4.81. The number of benzene rings is 2. The summed E-state index contributed by atoms with van der Waals surface area (Å²) >= 11 is 5.16. The zero-order chi connectivity index (χ0) is 45.9. The zero-order valence-electron chi connectivity index (χ0n) is 33.4. The van der Waals surface area contributed by atoms with Gasteiger partial charge in [0.15, 0.2) is 10.6 Å². The van der Waals surface area contributed by atoms with Gasteiger partial charge in [-0.15, -0.1) is 0 Å². The summed E-state index contributed by atoms with van der Waals surface area (Å²) in [6, 6.07) is 6.63. The van der Waals surface area contributed by atoms with Crippen molar-refractivity contribution in [2.24, 2.45) is 11.8 Å². The molecule has 1 unspecified atom stereocenters. The van der Waals surface area contributed by atoms with Gasteiger partial charge in [0.05, 0.1) is 51.4 Å². The summed E-state index contributed by atoms with van der Waals surface area (Å²) in [4.78, 5) is 18.6. The molecule has 1 amide bonds. The maximum atomic E-state index is 15.3. The summed E-state index contributed by atoms with van der Waals surface area (Å²) in [5.74, 6) is -3.71. The second-order valence-corrected chi connectivity index (χ2v) is 20.3. The number of nitrogens with zero attached hydrogens (tertiary/aromatic N) is 3. The molecule has 0 aliphatic heterocycles. The van der Waals surface area contributed by atoms with Crippen molar-refractivity contribution in [1.29, 1.82) is 5.41 Å². The zero-order valence-corrected chi connectivity index (χ0v) is 35.8. The van der Waals surface area contributed by atoms with Gasteiger partial charge in [-0.05, 0) is 104 Å². The Morgan fingerprint density at radius 1 is 1.10 bits per heavy atom. The molecule has 63 heavy (non-hydrogen) atoms. The minimum atomic E-state index is -4.02. The summed E-state index contributed by atoms with van der Waals surface area (Å²) in [6.45, 7) is 1.20. The highest BCUT2D eigenvalue weighted by Crippen LogP contribution is 2.62. The first-order chi connectivity index (χ1) is 29.5. The molecule has 2 aromatic carbocycles. The lowest BCUT2D eigenvalue weighted by Crippen LogP contribution is -2.41. The van der Waals surface area contributed by atoms with Crippen LogP contribution in [0.4, 0.5) is 40.9 Å². The quantitative estimate of drug-likeness (QED) is 0.0391. The van der Waals surface area contributed by atoms with Gasteiger partial charge in [-0.3, -0.25) is 19.6 Å². The van der Waals surface area contributed by atoms with Crippen molar-refractivity contribution in [3.63, 3.8) is 0 Å². The fourth-order valence-electron chi connectivity index (χ4n) is 7.48. The van der Waals surface area contributed by atoms with Gasteiger partial charge in [0.1, 0.15) is 29.6 Å². The molecule has 2 aromatic heterocycles. The third-order valence-corrected chi connectivity index (χ3v) is 14.7. The molecule has 2 fully saturated rings. The number of nitrogens with one attached hydrogen (secondary N) is 4. The Balaban J connectivity index is 1.39. The third-order valence-electron chi connectivity index (χ3n) is 11.0. The van der Waals surface area contributed by atoms with Crippen LogP contribution in [-0.4, -0.2) is 80.9 Å². The average molecular weight is 944 g/mol. The summed E-state index contributed by atoms with van der Waals surface area (Å²) < 4.78 is 156. The first-order valence-corrected chi connectivity index (χ1v) is 22.8. The van der Waals surface area contributed by atoms with Crippen LogP contribution in [0, 0.1) is 40.7 Å². The molecule has 3 aliphatic rings. The largest absolute Gasteiger partial charge is 0.615 e. The van der Waals surface area contributed by atoms with Crippen LogP contribution in [0.25, 0.3) is 22.0 Å². The van der Waals surface area contributed by atoms with E-state index >= 15 is 8.78 Å². The van der Waals surface area contributed by atoms with Gasteiger partial charge in [-0.2, -0.15) is 13.9 Å². The molecule has 0 saturated heterocycles. The van der Waals surface area contributed by atoms with Gasteiger partial charge in [-0.1, -0.05) is 17.7 Å². The molecule has 11 nitrogen and oxygen atoms in total. The summed E-state index contributed by atoms with van der Waals surface area (Å²) in [5.41, 5.74) is -3.05. The number of rotatable bonds is 16. The number of hydrogen-bond acceptors (Lipinski definition) is 8. The first kappa shape index (κ1) is 46.1. The summed E-state index contributed by atoms with van der Waals surface area (Å²) in [7, 11) is -4.02. The molecule has 336 valence electrons. The van der Waals surface area contributed by atoms with E-state index < -0.39 is 122 Å². The van der Waals surface area contributed by atoms with Crippen LogP contribution in [0.5, 0.6) is 0 Å². The average Bonchev–Trinajstić information content (AvgIpc) is 4.12. The Morgan fingerprint density at radius 3 is 2.38 bits per heavy atom. The number of aromatic nitrogens is 3. The number of sulfonamides is 1. The third kappa shape index (κ3) is 9.64. The fourth-order valence-corrected chi connectivity index (χ4v) is 9.25. The minimum Gasteiger partial charge on any atom is -0.615 e. The second kappa shape index (κ2) is 17.2. The maximum Gasteiger partial charge on any atom is 0.290 e. The molecule has 0 radical (unpaired) electrons. The Kier molecular flexibility index (Phi) is 12.6. The van der Waals surface area contributed by atoms with Gasteiger partial charge in [0.25, 0.3) is 18.8 Å². The van der Waals surface area contributed by atoms with Gasteiger partial charge in [0.2, 0.25) is 15.9 Å². The van der Waals surface area contributed by atoms with Crippen molar-refractivity contribution < 1.29 is 52.9 Å². The lowest BCUT2D eigenvalue weighted by atomic mass is 9.93. The Labute approximate surface area is 364 Å². The number of amides is 1. The highest BCUT2D eigenvalue weighted by Gasteiger charge is 2.66. The predicted octanol–water partition coefficient (Wildman–Crippen LogP) is 7.52. The van der Waals surface area contributed by atoms with E-state index in [2.05, 4.69) is 32.3 Å². The van der Waals surface area contributed by atoms with Crippen molar-refractivity contribution in [3.05, 3.63) is 87.3 Å². The Morgan fingerprint density at radius 2 is 1.76 bits per heavy atom. The lowest BCUT2D eigenvalue weighted by Gasteiger charge is -2.24. The van der Waals surface area contributed by atoms with E-state index in [1.165, 1.54) is 30.5 Å². The van der Waals surface area contributed by atoms with E-state index in [0.717, 1.165) is 16.8 Å². The molecule has 7 rings (SSSR count). The monoisotopic (exact) mass is 943 g/mol. The number of hydrogen-bond donors (Lipinski definition) is 4. The molecule has 0 spiro atoms. The van der Waals surface area contributed by atoms with Crippen LogP contribution < -0.4 is 15.4 Å². The van der Waals surface area contributed by atoms with Gasteiger partial charge in [-0.25, -0.2) is 39.7 Å². The standard InChI is InChI=1S/C41H38ClF8N7O4S2/c1-40(2,62(3)59)11-10-22-4-7-24(25-8-9-28(42)33-36(25)57(18-30(45)46)55-39(33)56-63(60,61)23-5-6-23)35(53-22)29(14-19-12-20(43)15-21(44)13-19)54-31(58)17-52-37-32(34(51)38(47)48)26-16-27(26)41(37,49)50/h4,7-9,12-13,15,23,26-27,29-30,38,51-52H,5-6,14,16-18H2,1-3H3,(H,54,58)(H,55,56)/t26-,27+,29-,62?/m0/s1. The predicted molar refractivity (Wildman–Crippen MR) is 221 cm³/mol. The van der Waals surface area contributed by atoms with Gasteiger partial charge in [0, 0.05) is 28.7 Å². The second-order valence-electron chi connectivity index (χ2n) is 16.0. The van der Waals surface area contributed by atoms with Crippen LogP contribution in [0.1, 0.15) is 56.1 Å². The van der Waals surface area contributed by atoms with E-state index in [1.54, 1.807) is 13.8 Å². The molecular weight excluding hydrogens is 906 g/mol. The molecule has 2 heterocycles. The normalized spacial score (nSPS) is 19.2. The number of carbonyl (C=O) groups is 1. The van der Waals surface area contributed by atoms with Crippen LogP contribution >= 0.6 is 11.6 Å². The van der Waals surface area contributed by atoms with Crippen molar-refractivity contribution in [2.45, 2.75) is 80.9 Å². The number of fused-ring (bicyclic) bond motifs is 2. The molecular formula is C41H38ClF8N7O4S2. The molecule has 4 atom stereocenters.